The highest BCUT2D eigenvalue weighted by Crippen LogP contribution is 2.29. The van der Waals surface area contributed by atoms with E-state index in [9.17, 15) is 23.3 Å². The van der Waals surface area contributed by atoms with Crippen LogP contribution in [0.3, 0.4) is 0 Å². The predicted octanol–water partition coefficient (Wildman–Crippen LogP) is 1.06. The third-order valence-corrected chi connectivity index (χ3v) is 6.16. The molecule has 0 saturated carbocycles. The average molecular weight is 371 g/mol. The van der Waals surface area contributed by atoms with Crippen molar-refractivity contribution in [3.63, 3.8) is 0 Å². The van der Waals surface area contributed by atoms with Gasteiger partial charge in [0.05, 0.1) is 22.0 Å². The maximum atomic E-state index is 12.9. The fraction of sp³-hybridized carbons (Fsp3) is 0.533. The smallest absolute Gasteiger partial charge is 0.338 e. The molecule has 10 heteroatoms. The SMILES string of the molecule is CCOC(=O)c1cc(S(=O)(=O)N(C)C2CCNC2)cc([N+](=O)[O-])c1C. The van der Waals surface area contributed by atoms with Crippen LogP contribution in [0, 0.1) is 17.0 Å². The summed E-state index contributed by atoms with van der Waals surface area (Å²) in [6.07, 6.45) is 0.647. The molecule has 1 heterocycles. The van der Waals surface area contributed by atoms with Crippen LogP contribution in [-0.2, 0) is 14.8 Å². The number of nitro benzene ring substituents is 1. The molecule has 2 rings (SSSR count). The van der Waals surface area contributed by atoms with E-state index in [4.69, 9.17) is 4.74 Å². The summed E-state index contributed by atoms with van der Waals surface area (Å²) < 4.78 is 31.8. The van der Waals surface area contributed by atoms with Gasteiger partial charge in [0, 0.05) is 31.3 Å². The number of hydrogen-bond acceptors (Lipinski definition) is 7. The summed E-state index contributed by atoms with van der Waals surface area (Å²) in [5.74, 6) is -0.787. The van der Waals surface area contributed by atoms with Gasteiger partial charge < -0.3 is 10.1 Å². The van der Waals surface area contributed by atoms with Crippen LogP contribution in [0.15, 0.2) is 17.0 Å². The second-order valence-electron chi connectivity index (χ2n) is 5.76. The highest BCUT2D eigenvalue weighted by Gasteiger charge is 2.33. The highest BCUT2D eigenvalue weighted by atomic mass is 32.2. The fourth-order valence-electron chi connectivity index (χ4n) is 2.74. The molecular weight excluding hydrogens is 350 g/mol. The van der Waals surface area contributed by atoms with E-state index in [0.29, 0.717) is 19.5 Å². The highest BCUT2D eigenvalue weighted by molar-refractivity contribution is 7.89. The van der Waals surface area contributed by atoms with Gasteiger partial charge in [-0.15, -0.1) is 0 Å². The summed E-state index contributed by atoms with van der Waals surface area (Å²) in [6.45, 7) is 4.28. The first-order valence-electron chi connectivity index (χ1n) is 7.85. The first kappa shape index (κ1) is 19.3. The first-order valence-corrected chi connectivity index (χ1v) is 9.29. The number of benzene rings is 1. The molecule has 1 aromatic rings. The number of nitrogens with one attached hydrogen (secondary N) is 1. The average Bonchev–Trinajstić information content (AvgIpc) is 3.08. The minimum absolute atomic E-state index is 0.0765. The lowest BCUT2D eigenvalue weighted by molar-refractivity contribution is -0.385. The minimum atomic E-state index is -3.99. The molecule has 1 N–H and O–H groups in total. The van der Waals surface area contributed by atoms with Gasteiger partial charge in [0.25, 0.3) is 5.69 Å². The summed E-state index contributed by atoms with van der Waals surface area (Å²) in [5.41, 5.74) is -0.470. The molecule has 9 nitrogen and oxygen atoms in total. The second kappa shape index (κ2) is 7.46. The van der Waals surface area contributed by atoms with Gasteiger partial charge in [0.15, 0.2) is 0 Å². The van der Waals surface area contributed by atoms with E-state index in [1.54, 1.807) is 6.92 Å². The molecule has 1 unspecified atom stereocenters. The minimum Gasteiger partial charge on any atom is -0.462 e. The summed E-state index contributed by atoms with van der Waals surface area (Å²) >= 11 is 0. The Hall–Kier alpha value is -2.04. The Morgan fingerprint density at radius 3 is 2.68 bits per heavy atom. The molecule has 1 aliphatic heterocycles. The first-order chi connectivity index (χ1) is 11.7. The lowest BCUT2D eigenvalue weighted by Gasteiger charge is -2.23. The van der Waals surface area contributed by atoms with E-state index in [-0.39, 0.29) is 28.7 Å². The van der Waals surface area contributed by atoms with Crippen LogP contribution in [0.1, 0.15) is 29.3 Å². The molecule has 1 fully saturated rings. The van der Waals surface area contributed by atoms with Crippen molar-refractivity contribution in [3.05, 3.63) is 33.4 Å². The molecule has 0 spiro atoms. The number of nitro groups is 1. The van der Waals surface area contributed by atoms with E-state index in [2.05, 4.69) is 5.32 Å². The Morgan fingerprint density at radius 1 is 1.48 bits per heavy atom. The Kier molecular flexibility index (Phi) is 5.76. The standard InChI is InChI=1S/C15H21N3O6S/c1-4-24-15(19)13-7-12(8-14(10(13)2)18(20)21)25(22,23)17(3)11-5-6-16-9-11/h7-8,11,16H,4-6,9H2,1-3H3. The van der Waals surface area contributed by atoms with E-state index in [1.807, 2.05) is 0 Å². The van der Waals surface area contributed by atoms with Crippen LogP contribution in [0.5, 0.6) is 0 Å². The van der Waals surface area contributed by atoms with E-state index < -0.39 is 26.6 Å². The number of rotatable bonds is 6. The lowest BCUT2D eigenvalue weighted by atomic mass is 10.1. The molecule has 1 saturated heterocycles. The van der Waals surface area contributed by atoms with Crippen molar-refractivity contribution >= 4 is 21.7 Å². The van der Waals surface area contributed by atoms with Gasteiger partial charge in [-0.1, -0.05) is 0 Å². The zero-order chi connectivity index (χ0) is 18.8. The number of carbonyl (C=O) groups is 1. The summed E-state index contributed by atoms with van der Waals surface area (Å²) in [4.78, 5) is 22.4. The molecule has 0 bridgehead atoms. The number of likely N-dealkylation sites (N-methyl/N-ethyl adjacent to an activating group) is 1. The molecule has 1 aromatic carbocycles. The van der Waals surface area contributed by atoms with Gasteiger partial charge in [0.2, 0.25) is 10.0 Å². The number of nitrogens with zero attached hydrogens (tertiary/aromatic N) is 2. The summed E-state index contributed by atoms with van der Waals surface area (Å²) in [5, 5.41) is 14.4. The predicted molar refractivity (Wildman–Crippen MR) is 90.0 cm³/mol. The summed E-state index contributed by atoms with van der Waals surface area (Å²) in [7, 11) is -2.55. The van der Waals surface area contributed by atoms with Crippen molar-refractivity contribution in [2.24, 2.45) is 0 Å². The van der Waals surface area contributed by atoms with Crippen molar-refractivity contribution < 1.29 is 22.9 Å². The van der Waals surface area contributed by atoms with Crippen LogP contribution in [-0.4, -0.2) is 56.4 Å². The van der Waals surface area contributed by atoms with Crippen LogP contribution >= 0.6 is 0 Å². The van der Waals surface area contributed by atoms with E-state index >= 15 is 0 Å². The number of sulfonamides is 1. The Bertz CT molecular complexity index is 787. The normalized spacial score (nSPS) is 17.7. The molecular formula is C15H21N3O6S. The monoisotopic (exact) mass is 371 g/mol. The number of carbonyl (C=O) groups excluding carboxylic acids is 1. The quantitative estimate of drug-likeness (QED) is 0.451. The lowest BCUT2D eigenvalue weighted by Crippen LogP contribution is -2.38. The Balaban J connectivity index is 2.56. The van der Waals surface area contributed by atoms with Crippen LogP contribution in [0.25, 0.3) is 0 Å². The van der Waals surface area contributed by atoms with Crippen molar-refractivity contribution in [3.8, 4) is 0 Å². The molecule has 0 aliphatic carbocycles. The molecule has 25 heavy (non-hydrogen) atoms. The number of esters is 1. The van der Waals surface area contributed by atoms with Gasteiger partial charge in [0.1, 0.15) is 0 Å². The van der Waals surface area contributed by atoms with E-state index in [1.165, 1.54) is 18.3 Å². The van der Waals surface area contributed by atoms with Gasteiger partial charge >= 0.3 is 5.97 Å². The maximum absolute atomic E-state index is 12.9. The van der Waals surface area contributed by atoms with Gasteiger partial charge in [-0.05, 0) is 32.9 Å². The Labute approximate surface area is 146 Å². The maximum Gasteiger partial charge on any atom is 0.338 e. The fourth-order valence-corrected chi connectivity index (χ4v) is 4.18. The number of ether oxygens (including phenoxy) is 1. The van der Waals surface area contributed by atoms with E-state index in [0.717, 1.165) is 12.1 Å². The van der Waals surface area contributed by atoms with Crippen LogP contribution in [0.2, 0.25) is 0 Å². The number of hydrogen-bond donors (Lipinski definition) is 1. The van der Waals surface area contributed by atoms with Crippen LogP contribution in [0.4, 0.5) is 5.69 Å². The third kappa shape index (κ3) is 3.80. The third-order valence-electron chi connectivity index (χ3n) is 4.27. The molecule has 138 valence electrons. The van der Waals surface area contributed by atoms with Crippen molar-refractivity contribution in [2.45, 2.75) is 31.2 Å². The molecule has 1 atom stereocenters. The molecule has 1 aliphatic rings. The summed E-state index contributed by atoms with van der Waals surface area (Å²) in [6, 6.07) is 1.90. The van der Waals surface area contributed by atoms with Crippen molar-refractivity contribution in [1.29, 1.82) is 0 Å². The van der Waals surface area contributed by atoms with Crippen LogP contribution < -0.4 is 5.32 Å². The molecule has 0 aromatic heterocycles. The van der Waals surface area contributed by atoms with Gasteiger partial charge in [-0.2, -0.15) is 4.31 Å². The van der Waals surface area contributed by atoms with Gasteiger partial charge in [-0.3, -0.25) is 10.1 Å². The zero-order valence-corrected chi connectivity index (χ0v) is 15.1. The van der Waals surface area contributed by atoms with Gasteiger partial charge in [-0.25, -0.2) is 13.2 Å². The largest absolute Gasteiger partial charge is 0.462 e. The zero-order valence-electron chi connectivity index (χ0n) is 14.3. The molecule has 0 radical (unpaired) electrons. The Morgan fingerprint density at radius 2 is 2.16 bits per heavy atom. The second-order valence-corrected chi connectivity index (χ2v) is 7.76. The van der Waals surface area contributed by atoms with Crippen molar-refractivity contribution in [1.82, 2.24) is 9.62 Å². The molecule has 0 amide bonds. The topological polar surface area (TPSA) is 119 Å². The van der Waals surface area contributed by atoms with Crippen molar-refractivity contribution in [2.75, 3.05) is 26.7 Å².